The van der Waals surface area contributed by atoms with Crippen molar-refractivity contribution in [1.82, 2.24) is 0 Å². The number of hydrogen-bond acceptors (Lipinski definition) is 4. The Kier molecular flexibility index (Phi) is 5.68. The number of non-ortho nitro benzene ring substituents is 1. The monoisotopic (exact) mass is 314 g/mol. The minimum Gasteiger partial charge on any atom is -0.494 e. The van der Waals surface area contributed by atoms with Crippen LogP contribution in [0.2, 0.25) is 0 Å². The molecule has 1 amide bonds. The Bertz CT molecular complexity index is 666. The number of nitrogens with one attached hydrogen (secondary N) is 1. The van der Waals surface area contributed by atoms with Crippen LogP contribution >= 0.6 is 0 Å². The van der Waals surface area contributed by atoms with E-state index < -0.39 is 4.92 Å². The molecule has 0 bridgehead atoms. The molecule has 0 spiro atoms. The second-order valence-electron chi connectivity index (χ2n) is 4.98. The Morgan fingerprint density at radius 3 is 2.35 bits per heavy atom. The SMILES string of the molecule is CCCCOc1ccc(NC(=O)c2ccc([N+](=O)[O-])cc2)cc1. The van der Waals surface area contributed by atoms with Gasteiger partial charge in [-0.05, 0) is 42.8 Å². The summed E-state index contributed by atoms with van der Waals surface area (Å²) in [6.07, 6.45) is 2.07. The molecule has 2 aromatic rings. The molecule has 0 unspecified atom stereocenters. The normalized spacial score (nSPS) is 10.1. The summed E-state index contributed by atoms with van der Waals surface area (Å²) in [5.41, 5.74) is 0.949. The van der Waals surface area contributed by atoms with E-state index in [0.29, 0.717) is 17.9 Å². The molecule has 0 aliphatic heterocycles. The Hall–Kier alpha value is -2.89. The number of nitro benzene ring substituents is 1. The third-order valence-electron chi connectivity index (χ3n) is 3.22. The lowest BCUT2D eigenvalue weighted by Gasteiger charge is -2.08. The molecule has 0 heterocycles. The molecule has 0 aliphatic carbocycles. The van der Waals surface area contributed by atoms with Gasteiger partial charge in [-0.3, -0.25) is 14.9 Å². The number of amides is 1. The smallest absolute Gasteiger partial charge is 0.269 e. The van der Waals surface area contributed by atoms with E-state index in [-0.39, 0.29) is 11.6 Å². The van der Waals surface area contributed by atoms with Gasteiger partial charge in [0, 0.05) is 23.4 Å². The zero-order valence-corrected chi connectivity index (χ0v) is 12.8. The lowest BCUT2D eigenvalue weighted by molar-refractivity contribution is -0.384. The highest BCUT2D eigenvalue weighted by Crippen LogP contribution is 2.18. The van der Waals surface area contributed by atoms with E-state index in [2.05, 4.69) is 12.2 Å². The van der Waals surface area contributed by atoms with E-state index in [1.54, 1.807) is 24.3 Å². The Labute approximate surface area is 134 Å². The van der Waals surface area contributed by atoms with Gasteiger partial charge in [-0.15, -0.1) is 0 Å². The Balaban J connectivity index is 1.95. The molecule has 120 valence electrons. The van der Waals surface area contributed by atoms with Gasteiger partial charge in [0.15, 0.2) is 0 Å². The molecule has 0 aliphatic rings. The first-order valence-corrected chi connectivity index (χ1v) is 7.39. The molecule has 0 saturated carbocycles. The summed E-state index contributed by atoms with van der Waals surface area (Å²) in [5.74, 6) is 0.436. The number of carbonyl (C=O) groups excluding carboxylic acids is 1. The second kappa shape index (κ2) is 7.93. The van der Waals surface area contributed by atoms with Crippen molar-refractivity contribution >= 4 is 17.3 Å². The highest BCUT2D eigenvalue weighted by atomic mass is 16.6. The quantitative estimate of drug-likeness (QED) is 0.475. The highest BCUT2D eigenvalue weighted by Gasteiger charge is 2.09. The van der Waals surface area contributed by atoms with E-state index in [1.165, 1.54) is 24.3 Å². The van der Waals surface area contributed by atoms with Crippen LogP contribution < -0.4 is 10.1 Å². The number of ether oxygens (including phenoxy) is 1. The second-order valence-corrected chi connectivity index (χ2v) is 4.98. The molecular weight excluding hydrogens is 296 g/mol. The summed E-state index contributed by atoms with van der Waals surface area (Å²) < 4.78 is 5.55. The van der Waals surface area contributed by atoms with Crippen molar-refractivity contribution in [2.45, 2.75) is 19.8 Å². The van der Waals surface area contributed by atoms with Gasteiger partial charge >= 0.3 is 0 Å². The van der Waals surface area contributed by atoms with Gasteiger partial charge in [0.25, 0.3) is 11.6 Å². The van der Waals surface area contributed by atoms with Crippen molar-refractivity contribution < 1.29 is 14.5 Å². The lowest BCUT2D eigenvalue weighted by Crippen LogP contribution is -2.11. The van der Waals surface area contributed by atoms with Crippen molar-refractivity contribution in [1.29, 1.82) is 0 Å². The number of rotatable bonds is 7. The van der Waals surface area contributed by atoms with E-state index in [0.717, 1.165) is 18.6 Å². The molecule has 0 saturated heterocycles. The number of nitro groups is 1. The minimum absolute atomic E-state index is 0.0462. The molecule has 6 heteroatoms. The van der Waals surface area contributed by atoms with Gasteiger partial charge in [0.2, 0.25) is 0 Å². The van der Waals surface area contributed by atoms with Gasteiger partial charge in [0.05, 0.1) is 11.5 Å². The van der Waals surface area contributed by atoms with Crippen LogP contribution in [-0.4, -0.2) is 17.4 Å². The molecule has 0 radical (unpaired) electrons. The maximum absolute atomic E-state index is 12.1. The summed E-state index contributed by atoms with van der Waals surface area (Å²) in [5, 5.41) is 13.3. The topological polar surface area (TPSA) is 81.5 Å². The number of nitrogens with zero attached hydrogens (tertiary/aromatic N) is 1. The number of carbonyl (C=O) groups is 1. The first-order valence-electron chi connectivity index (χ1n) is 7.39. The lowest BCUT2D eigenvalue weighted by atomic mass is 10.2. The molecule has 0 aromatic heterocycles. The number of anilines is 1. The standard InChI is InChI=1S/C17H18N2O4/c1-2-3-12-23-16-10-6-14(7-11-16)18-17(20)13-4-8-15(9-5-13)19(21)22/h4-11H,2-3,12H2,1H3,(H,18,20). The van der Waals surface area contributed by atoms with Crippen molar-refractivity contribution in [3.8, 4) is 5.75 Å². The molecule has 2 rings (SSSR count). The van der Waals surface area contributed by atoms with Gasteiger partial charge < -0.3 is 10.1 Å². The maximum atomic E-state index is 12.1. The maximum Gasteiger partial charge on any atom is 0.269 e. The predicted molar refractivity (Wildman–Crippen MR) is 87.9 cm³/mol. The highest BCUT2D eigenvalue weighted by molar-refractivity contribution is 6.04. The van der Waals surface area contributed by atoms with E-state index in [4.69, 9.17) is 4.74 Å². The van der Waals surface area contributed by atoms with Crippen LogP contribution in [0.3, 0.4) is 0 Å². The molecule has 6 nitrogen and oxygen atoms in total. The predicted octanol–water partition coefficient (Wildman–Crippen LogP) is 4.03. The van der Waals surface area contributed by atoms with Gasteiger partial charge in [-0.25, -0.2) is 0 Å². The van der Waals surface area contributed by atoms with E-state index >= 15 is 0 Å². The van der Waals surface area contributed by atoms with Crippen LogP contribution in [0.25, 0.3) is 0 Å². The third kappa shape index (κ3) is 4.81. The summed E-state index contributed by atoms with van der Waals surface area (Å²) in [6.45, 7) is 2.77. The van der Waals surface area contributed by atoms with Crippen LogP contribution in [0.1, 0.15) is 30.1 Å². The molecule has 23 heavy (non-hydrogen) atoms. The molecule has 2 aromatic carbocycles. The molecule has 0 atom stereocenters. The largest absolute Gasteiger partial charge is 0.494 e. The fraction of sp³-hybridized carbons (Fsp3) is 0.235. The average molecular weight is 314 g/mol. The number of unbranched alkanes of at least 4 members (excludes halogenated alkanes) is 1. The van der Waals surface area contributed by atoms with Crippen molar-refractivity contribution in [3.05, 3.63) is 64.2 Å². The van der Waals surface area contributed by atoms with Crippen LogP contribution in [0.5, 0.6) is 5.75 Å². The Morgan fingerprint density at radius 2 is 1.78 bits per heavy atom. The van der Waals surface area contributed by atoms with Crippen LogP contribution in [0.4, 0.5) is 11.4 Å². The first-order chi connectivity index (χ1) is 11.1. The van der Waals surface area contributed by atoms with Crippen LogP contribution in [0, 0.1) is 10.1 Å². The minimum atomic E-state index is -0.501. The van der Waals surface area contributed by atoms with E-state index in [1.807, 2.05) is 0 Å². The fourth-order valence-electron chi connectivity index (χ4n) is 1.91. The number of benzene rings is 2. The van der Waals surface area contributed by atoms with Crippen molar-refractivity contribution in [2.75, 3.05) is 11.9 Å². The zero-order valence-electron chi connectivity index (χ0n) is 12.8. The van der Waals surface area contributed by atoms with Crippen LogP contribution in [0.15, 0.2) is 48.5 Å². The van der Waals surface area contributed by atoms with Gasteiger partial charge in [-0.2, -0.15) is 0 Å². The zero-order chi connectivity index (χ0) is 16.7. The number of hydrogen-bond donors (Lipinski definition) is 1. The summed E-state index contributed by atoms with van der Waals surface area (Å²) >= 11 is 0. The first kappa shape index (κ1) is 16.5. The fourth-order valence-corrected chi connectivity index (χ4v) is 1.91. The average Bonchev–Trinajstić information content (AvgIpc) is 2.56. The van der Waals surface area contributed by atoms with E-state index in [9.17, 15) is 14.9 Å². The van der Waals surface area contributed by atoms with Gasteiger partial charge in [0.1, 0.15) is 5.75 Å². The summed E-state index contributed by atoms with van der Waals surface area (Å²) in [4.78, 5) is 22.2. The van der Waals surface area contributed by atoms with Crippen LogP contribution in [-0.2, 0) is 0 Å². The summed E-state index contributed by atoms with van der Waals surface area (Å²) in [7, 11) is 0. The Morgan fingerprint density at radius 1 is 1.13 bits per heavy atom. The molecule has 0 fully saturated rings. The van der Waals surface area contributed by atoms with Gasteiger partial charge in [-0.1, -0.05) is 13.3 Å². The van der Waals surface area contributed by atoms with Crippen molar-refractivity contribution in [2.24, 2.45) is 0 Å². The molecular formula is C17H18N2O4. The molecule has 1 N–H and O–H groups in total. The van der Waals surface area contributed by atoms with Crippen molar-refractivity contribution in [3.63, 3.8) is 0 Å². The third-order valence-corrected chi connectivity index (χ3v) is 3.22. The summed E-state index contributed by atoms with van der Waals surface area (Å²) in [6, 6.07) is 12.6.